The second-order valence-corrected chi connectivity index (χ2v) is 6.67. The Morgan fingerprint density at radius 1 is 1.29 bits per heavy atom. The molecule has 0 atom stereocenters. The molecule has 1 aromatic carbocycles. The molecule has 110 valence electrons. The second-order valence-electron chi connectivity index (χ2n) is 5.58. The first-order valence-electron chi connectivity index (χ1n) is 7.02. The maximum atomic E-state index is 9.16. The van der Waals surface area contributed by atoms with Crippen LogP contribution < -0.4 is 4.74 Å². The van der Waals surface area contributed by atoms with E-state index >= 15 is 0 Å². The van der Waals surface area contributed by atoms with Gasteiger partial charge in [0, 0.05) is 0 Å². The van der Waals surface area contributed by atoms with E-state index in [1.54, 1.807) is 0 Å². The van der Waals surface area contributed by atoms with Gasteiger partial charge < -0.3 is 4.74 Å². The molecule has 0 aliphatic carbocycles. The molecule has 4 heteroatoms. The van der Waals surface area contributed by atoms with Crippen LogP contribution in [0.25, 0.3) is 0 Å². The fourth-order valence-corrected chi connectivity index (χ4v) is 3.13. The molecule has 2 rings (SSSR count). The second kappa shape index (κ2) is 6.28. The van der Waals surface area contributed by atoms with Crippen LogP contribution >= 0.6 is 11.3 Å². The van der Waals surface area contributed by atoms with E-state index in [4.69, 9.17) is 10.00 Å². The molecule has 0 aliphatic heterocycles. The van der Waals surface area contributed by atoms with Gasteiger partial charge in [0.25, 0.3) is 0 Å². The van der Waals surface area contributed by atoms with Crippen molar-refractivity contribution in [2.45, 2.75) is 47.1 Å². The standard InChI is InChI=1S/C17H20N2OS/c1-10(2)17-15(8-18)21-16(19-17)9-20-14-7-11(3)6-12(4)13(14)5/h6-7,10H,9H2,1-5H3. The molecule has 2 aromatic rings. The molecule has 0 saturated heterocycles. The Bertz CT molecular complexity index is 696. The summed E-state index contributed by atoms with van der Waals surface area (Å²) in [5.74, 6) is 1.15. The first kappa shape index (κ1) is 15.5. The Labute approximate surface area is 130 Å². The molecule has 0 fully saturated rings. The van der Waals surface area contributed by atoms with E-state index in [9.17, 15) is 0 Å². The summed E-state index contributed by atoms with van der Waals surface area (Å²) >= 11 is 1.42. The normalized spacial score (nSPS) is 10.7. The van der Waals surface area contributed by atoms with Gasteiger partial charge in [-0.2, -0.15) is 5.26 Å². The molecule has 0 N–H and O–H groups in total. The van der Waals surface area contributed by atoms with Crippen molar-refractivity contribution in [1.82, 2.24) is 4.98 Å². The Kier molecular flexibility index (Phi) is 4.64. The lowest BCUT2D eigenvalue weighted by Gasteiger charge is -2.11. The number of aryl methyl sites for hydroxylation is 2. The van der Waals surface area contributed by atoms with Crippen molar-refractivity contribution in [3.05, 3.63) is 44.4 Å². The van der Waals surface area contributed by atoms with Crippen molar-refractivity contribution < 1.29 is 4.74 Å². The van der Waals surface area contributed by atoms with E-state index in [0.29, 0.717) is 11.5 Å². The predicted octanol–water partition coefficient (Wildman–Crippen LogP) is 4.64. The summed E-state index contributed by atoms with van der Waals surface area (Å²) in [4.78, 5) is 5.24. The average Bonchev–Trinajstić information content (AvgIpc) is 2.84. The molecular formula is C17H20N2OS. The highest BCUT2D eigenvalue weighted by Crippen LogP contribution is 2.27. The van der Waals surface area contributed by atoms with Crippen LogP contribution in [0.4, 0.5) is 0 Å². The number of ether oxygens (including phenoxy) is 1. The minimum absolute atomic E-state index is 0.257. The predicted molar refractivity (Wildman–Crippen MR) is 85.9 cm³/mol. The van der Waals surface area contributed by atoms with Crippen LogP contribution in [0.2, 0.25) is 0 Å². The number of hydrogen-bond donors (Lipinski definition) is 0. The van der Waals surface area contributed by atoms with Gasteiger partial charge in [0.1, 0.15) is 28.3 Å². The maximum Gasteiger partial charge on any atom is 0.140 e. The van der Waals surface area contributed by atoms with Crippen LogP contribution in [0, 0.1) is 32.1 Å². The number of nitrogens with zero attached hydrogens (tertiary/aromatic N) is 2. The van der Waals surface area contributed by atoms with E-state index in [1.165, 1.54) is 22.5 Å². The summed E-state index contributed by atoms with van der Waals surface area (Å²) in [5, 5.41) is 10.0. The van der Waals surface area contributed by atoms with Crippen LogP contribution in [0.5, 0.6) is 5.75 Å². The zero-order chi connectivity index (χ0) is 15.6. The molecule has 0 aliphatic rings. The fraction of sp³-hybridized carbons (Fsp3) is 0.412. The molecule has 21 heavy (non-hydrogen) atoms. The topological polar surface area (TPSA) is 45.9 Å². The quantitative estimate of drug-likeness (QED) is 0.826. The third-order valence-corrected chi connectivity index (χ3v) is 4.41. The van der Waals surface area contributed by atoms with Crippen molar-refractivity contribution in [3.8, 4) is 11.8 Å². The van der Waals surface area contributed by atoms with Gasteiger partial charge in [-0.15, -0.1) is 11.3 Å². The van der Waals surface area contributed by atoms with Gasteiger partial charge in [-0.25, -0.2) is 4.98 Å². The summed E-state index contributed by atoms with van der Waals surface area (Å²) in [6, 6.07) is 6.42. The Morgan fingerprint density at radius 2 is 2.00 bits per heavy atom. The highest BCUT2D eigenvalue weighted by atomic mass is 32.1. The van der Waals surface area contributed by atoms with Crippen LogP contribution in [-0.4, -0.2) is 4.98 Å². The molecule has 0 radical (unpaired) electrons. The first-order valence-corrected chi connectivity index (χ1v) is 7.84. The summed E-state index contributed by atoms with van der Waals surface area (Å²) < 4.78 is 5.92. The molecule has 1 aromatic heterocycles. The maximum absolute atomic E-state index is 9.16. The molecule has 0 saturated carbocycles. The van der Waals surface area contributed by atoms with E-state index in [-0.39, 0.29) is 5.92 Å². The SMILES string of the molecule is Cc1cc(C)c(C)c(OCc2nc(C(C)C)c(C#N)s2)c1. The molecule has 0 spiro atoms. The number of thiazole rings is 1. The number of aromatic nitrogens is 1. The highest BCUT2D eigenvalue weighted by molar-refractivity contribution is 7.12. The lowest BCUT2D eigenvalue weighted by molar-refractivity contribution is 0.302. The van der Waals surface area contributed by atoms with Gasteiger partial charge in [0.05, 0.1) is 5.69 Å². The summed E-state index contributed by atoms with van der Waals surface area (Å²) in [6.45, 7) is 10.7. The van der Waals surface area contributed by atoms with Gasteiger partial charge in [-0.1, -0.05) is 19.9 Å². The van der Waals surface area contributed by atoms with Crippen LogP contribution in [-0.2, 0) is 6.61 Å². The van der Waals surface area contributed by atoms with Crippen LogP contribution in [0.15, 0.2) is 12.1 Å². The Hall–Kier alpha value is -1.86. The third kappa shape index (κ3) is 3.43. The number of benzene rings is 1. The fourth-order valence-electron chi connectivity index (χ4n) is 2.20. The third-order valence-electron chi connectivity index (χ3n) is 3.46. The first-order chi connectivity index (χ1) is 9.92. The van der Waals surface area contributed by atoms with Crippen molar-refractivity contribution in [2.75, 3.05) is 0 Å². The van der Waals surface area contributed by atoms with E-state index in [0.717, 1.165) is 22.0 Å². The van der Waals surface area contributed by atoms with Gasteiger partial charge in [-0.3, -0.25) is 0 Å². The monoisotopic (exact) mass is 300 g/mol. The zero-order valence-electron chi connectivity index (χ0n) is 13.2. The van der Waals surface area contributed by atoms with Gasteiger partial charge in [0.2, 0.25) is 0 Å². The molecule has 3 nitrogen and oxygen atoms in total. The Morgan fingerprint density at radius 3 is 2.57 bits per heavy atom. The highest BCUT2D eigenvalue weighted by Gasteiger charge is 2.14. The lowest BCUT2D eigenvalue weighted by atomic mass is 10.1. The number of hydrogen-bond acceptors (Lipinski definition) is 4. The van der Waals surface area contributed by atoms with Crippen LogP contribution in [0.1, 0.15) is 52.0 Å². The van der Waals surface area contributed by atoms with Crippen molar-refractivity contribution in [3.63, 3.8) is 0 Å². The van der Waals surface area contributed by atoms with E-state index in [2.05, 4.69) is 51.7 Å². The molecular weight excluding hydrogens is 280 g/mol. The summed E-state index contributed by atoms with van der Waals surface area (Å²) in [7, 11) is 0. The van der Waals surface area contributed by atoms with Crippen molar-refractivity contribution in [1.29, 1.82) is 5.26 Å². The van der Waals surface area contributed by atoms with Crippen molar-refractivity contribution in [2.24, 2.45) is 0 Å². The molecule has 0 unspecified atom stereocenters. The average molecular weight is 300 g/mol. The minimum atomic E-state index is 0.257. The van der Waals surface area contributed by atoms with E-state index < -0.39 is 0 Å². The van der Waals surface area contributed by atoms with Gasteiger partial charge >= 0.3 is 0 Å². The summed E-state index contributed by atoms with van der Waals surface area (Å²) in [6.07, 6.45) is 0. The number of rotatable bonds is 4. The zero-order valence-corrected chi connectivity index (χ0v) is 14.0. The molecule has 0 amide bonds. The summed E-state index contributed by atoms with van der Waals surface area (Å²) in [5.41, 5.74) is 4.44. The smallest absolute Gasteiger partial charge is 0.140 e. The van der Waals surface area contributed by atoms with Gasteiger partial charge in [-0.05, 0) is 49.4 Å². The molecule has 1 heterocycles. The van der Waals surface area contributed by atoms with Crippen molar-refractivity contribution >= 4 is 11.3 Å². The Balaban J connectivity index is 2.19. The van der Waals surface area contributed by atoms with Gasteiger partial charge in [0.15, 0.2) is 0 Å². The molecule has 0 bridgehead atoms. The van der Waals surface area contributed by atoms with Crippen LogP contribution in [0.3, 0.4) is 0 Å². The lowest BCUT2D eigenvalue weighted by Crippen LogP contribution is -1.99. The largest absolute Gasteiger partial charge is 0.486 e. The minimum Gasteiger partial charge on any atom is -0.486 e. The van der Waals surface area contributed by atoms with E-state index in [1.807, 2.05) is 6.07 Å². The number of nitriles is 1.